The zero-order valence-corrected chi connectivity index (χ0v) is 10.5. The molecule has 0 aliphatic rings. The van der Waals surface area contributed by atoms with Crippen LogP contribution in [0.3, 0.4) is 0 Å². The van der Waals surface area contributed by atoms with Gasteiger partial charge in [-0.2, -0.15) is 18.3 Å². The standard InChI is InChI=1S/C14H10F3N3/c1-9-12(6-7-13-18-8-19-20(9)13)10-2-4-11(5-3-10)14(15,16)17/h2-8H,1H3. The van der Waals surface area contributed by atoms with E-state index in [4.69, 9.17) is 0 Å². The Morgan fingerprint density at radius 3 is 2.35 bits per heavy atom. The van der Waals surface area contributed by atoms with E-state index in [-0.39, 0.29) is 0 Å². The summed E-state index contributed by atoms with van der Waals surface area (Å²) in [4.78, 5) is 4.06. The first kappa shape index (κ1) is 12.7. The number of aromatic nitrogens is 3. The lowest BCUT2D eigenvalue weighted by molar-refractivity contribution is -0.137. The van der Waals surface area contributed by atoms with E-state index in [1.165, 1.54) is 18.5 Å². The van der Waals surface area contributed by atoms with Crippen molar-refractivity contribution in [3.8, 4) is 11.1 Å². The van der Waals surface area contributed by atoms with Crippen molar-refractivity contribution in [3.63, 3.8) is 0 Å². The first-order chi connectivity index (χ1) is 9.47. The lowest BCUT2D eigenvalue weighted by Crippen LogP contribution is -2.04. The van der Waals surface area contributed by atoms with Crippen molar-refractivity contribution in [2.45, 2.75) is 13.1 Å². The van der Waals surface area contributed by atoms with Gasteiger partial charge in [-0.15, -0.1) is 0 Å². The highest BCUT2D eigenvalue weighted by Crippen LogP contribution is 2.31. The number of halogens is 3. The number of aryl methyl sites for hydroxylation is 1. The first-order valence-corrected chi connectivity index (χ1v) is 5.94. The van der Waals surface area contributed by atoms with Crippen molar-refractivity contribution in [1.82, 2.24) is 14.6 Å². The molecule has 1 aromatic carbocycles. The maximum atomic E-state index is 12.5. The van der Waals surface area contributed by atoms with Gasteiger partial charge in [0.1, 0.15) is 6.33 Å². The second-order valence-corrected chi connectivity index (χ2v) is 4.44. The SMILES string of the molecule is Cc1c(-c2ccc(C(F)(F)F)cc2)ccc2ncnn12. The van der Waals surface area contributed by atoms with Gasteiger partial charge in [-0.05, 0) is 36.8 Å². The zero-order valence-electron chi connectivity index (χ0n) is 10.5. The van der Waals surface area contributed by atoms with E-state index in [1.807, 2.05) is 13.0 Å². The number of hydrogen-bond acceptors (Lipinski definition) is 2. The van der Waals surface area contributed by atoms with Crippen LogP contribution >= 0.6 is 0 Å². The highest BCUT2D eigenvalue weighted by molar-refractivity contribution is 5.68. The Kier molecular flexibility index (Phi) is 2.74. The molecule has 0 aliphatic carbocycles. The van der Waals surface area contributed by atoms with Crippen molar-refractivity contribution in [2.75, 3.05) is 0 Å². The normalized spacial score (nSPS) is 12.0. The third-order valence-corrected chi connectivity index (χ3v) is 3.20. The van der Waals surface area contributed by atoms with Gasteiger partial charge in [0.05, 0.1) is 5.56 Å². The molecule has 2 heterocycles. The van der Waals surface area contributed by atoms with Crippen LogP contribution in [0.4, 0.5) is 13.2 Å². The van der Waals surface area contributed by atoms with E-state index >= 15 is 0 Å². The Hall–Kier alpha value is -2.37. The van der Waals surface area contributed by atoms with Crippen LogP contribution < -0.4 is 0 Å². The molecule has 0 unspecified atom stereocenters. The number of pyridine rings is 1. The summed E-state index contributed by atoms with van der Waals surface area (Å²) in [7, 11) is 0. The third-order valence-electron chi connectivity index (χ3n) is 3.20. The van der Waals surface area contributed by atoms with E-state index in [2.05, 4.69) is 10.1 Å². The molecule has 0 aliphatic heterocycles. The molecular formula is C14H10F3N3. The van der Waals surface area contributed by atoms with Gasteiger partial charge in [-0.3, -0.25) is 0 Å². The van der Waals surface area contributed by atoms with Gasteiger partial charge in [0.15, 0.2) is 5.65 Å². The quantitative estimate of drug-likeness (QED) is 0.678. The number of alkyl halides is 3. The van der Waals surface area contributed by atoms with Crippen molar-refractivity contribution in [2.24, 2.45) is 0 Å². The summed E-state index contributed by atoms with van der Waals surface area (Å²) in [5.41, 5.74) is 2.43. The van der Waals surface area contributed by atoms with Crippen molar-refractivity contribution in [3.05, 3.63) is 54.0 Å². The van der Waals surface area contributed by atoms with Crippen molar-refractivity contribution < 1.29 is 13.2 Å². The minimum absolute atomic E-state index is 0.652. The number of hydrogen-bond donors (Lipinski definition) is 0. The van der Waals surface area contributed by atoms with Crippen LogP contribution in [-0.4, -0.2) is 14.6 Å². The zero-order chi connectivity index (χ0) is 14.3. The van der Waals surface area contributed by atoms with E-state index in [0.29, 0.717) is 11.2 Å². The molecule has 2 aromatic heterocycles. The van der Waals surface area contributed by atoms with Gasteiger partial charge >= 0.3 is 6.18 Å². The maximum Gasteiger partial charge on any atom is 0.416 e. The predicted molar refractivity (Wildman–Crippen MR) is 68.2 cm³/mol. The second kappa shape index (κ2) is 4.33. The molecule has 0 spiro atoms. The van der Waals surface area contributed by atoms with E-state index < -0.39 is 11.7 Å². The van der Waals surface area contributed by atoms with Gasteiger partial charge in [0.2, 0.25) is 0 Å². The van der Waals surface area contributed by atoms with Crippen LogP contribution in [0.1, 0.15) is 11.3 Å². The Labute approximate surface area is 112 Å². The lowest BCUT2D eigenvalue weighted by atomic mass is 10.0. The largest absolute Gasteiger partial charge is 0.416 e. The molecule has 3 nitrogen and oxygen atoms in total. The lowest BCUT2D eigenvalue weighted by Gasteiger charge is -2.10. The first-order valence-electron chi connectivity index (χ1n) is 5.94. The minimum atomic E-state index is -4.32. The summed E-state index contributed by atoms with van der Waals surface area (Å²) < 4.78 is 39.3. The van der Waals surface area contributed by atoms with Crippen LogP contribution in [0.2, 0.25) is 0 Å². The fraction of sp³-hybridized carbons (Fsp3) is 0.143. The molecule has 0 N–H and O–H groups in total. The summed E-state index contributed by atoms with van der Waals surface area (Å²) in [5, 5.41) is 4.09. The predicted octanol–water partition coefficient (Wildman–Crippen LogP) is 3.72. The molecule has 3 aromatic rings. The summed E-state index contributed by atoms with van der Waals surface area (Å²) in [6, 6.07) is 8.72. The maximum absolute atomic E-state index is 12.5. The Bertz CT molecular complexity index is 757. The molecule has 0 fully saturated rings. The molecule has 0 bridgehead atoms. The average molecular weight is 277 g/mol. The smallest absolute Gasteiger partial charge is 0.218 e. The third kappa shape index (κ3) is 2.03. The molecule has 0 saturated heterocycles. The topological polar surface area (TPSA) is 30.2 Å². The van der Waals surface area contributed by atoms with E-state index in [9.17, 15) is 13.2 Å². The molecule has 0 amide bonds. The van der Waals surface area contributed by atoms with Gasteiger partial charge < -0.3 is 0 Å². The molecule has 0 saturated carbocycles. The van der Waals surface area contributed by atoms with Crippen molar-refractivity contribution in [1.29, 1.82) is 0 Å². The molecule has 6 heteroatoms. The van der Waals surface area contributed by atoms with Gasteiger partial charge in [0.25, 0.3) is 0 Å². The monoisotopic (exact) mass is 277 g/mol. The Morgan fingerprint density at radius 1 is 1.00 bits per heavy atom. The minimum Gasteiger partial charge on any atom is -0.218 e. The summed E-state index contributed by atoms with van der Waals surface area (Å²) in [6.07, 6.45) is -2.87. The highest BCUT2D eigenvalue weighted by atomic mass is 19.4. The van der Waals surface area contributed by atoms with Crippen LogP contribution in [-0.2, 0) is 6.18 Å². The molecule has 3 rings (SSSR count). The molecule has 0 radical (unpaired) electrons. The fourth-order valence-electron chi connectivity index (χ4n) is 2.16. The van der Waals surface area contributed by atoms with E-state index in [0.717, 1.165) is 23.4 Å². The number of fused-ring (bicyclic) bond motifs is 1. The molecule has 102 valence electrons. The average Bonchev–Trinajstić information content (AvgIpc) is 2.88. The van der Waals surface area contributed by atoms with Crippen LogP contribution in [0.5, 0.6) is 0 Å². The van der Waals surface area contributed by atoms with Crippen molar-refractivity contribution >= 4 is 5.65 Å². The fourth-order valence-corrected chi connectivity index (χ4v) is 2.16. The summed E-state index contributed by atoms with van der Waals surface area (Å²) >= 11 is 0. The van der Waals surface area contributed by atoms with Gasteiger partial charge in [0, 0.05) is 11.3 Å². The Balaban J connectivity index is 2.09. The summed E-state index contributed by atoms with van der Waals surface area (Å²) in [5.74, 6) is 0. The van der Waals surface area contributed by atoms with Crippen LogP contribution in [0.25, 0.3) is 16.8 Å². The second-order valence-electron chi connectivity index (χ2n) is 4.44. The van der Waals surface area contributed by atoms with Crippen LogP contribution in [0, 0.1) is 6.92 Å². The Morgan fingerprint density at radius 2 is 1.70 bits per heavy atom. The van der Waals surface area contributed by atoms with E-state index in [1.54, 1.807) is 10.6 Å². The van der Waals surface area contributed by atoms with Gasteiger partial charge in [-0.1, -0.05) is 12.1 Å². The molecule has 20 heavy (non-hydrogen) atoms. The number of rotatable bonds is 1. The number of benzene rings is 1. The highest BCUT2D eigenvalue weighted by Gasteiger charge is 2.30. The molecule has 0 atom stereocenters. The molecular weight excluding hydrogens is 267 g/mol. The van der Waals surface area contributed by atoms with Crippen LogP contribution in [0.15, 0.2) is 42.7 Å². The van der Waals surface area contributed by atoms with Gasteiger partial charge in [-0.25, -0.2) is 9.50 Å². The number of nitrogens with zero attached hydrogens (tertiary/aromatic N) is 3. The summed E-state index contributed by atoms with van der Waals surface area (Å²) in [6.45, 7) is 1.86.